The van der Waals surface area contributed by atoms with Crippen LogP contribution in [0.25, 0.3) is 0 Å². The number of amides is 2. The first kappa shape index (κ1) is 15.2. The quantitative estimate of drug-likeness (QED) is 0.649. The fourth-order valence-electron chi connectivity index (χ4n) is 1.76. The maximum absolute atomic E-state index is 11.8. The summed E-state index contributed by atoms with van der Waals surface area (Å²) in [7, 11) is 0. The third kappa shape index (κ3) is 4.17. The van der Waals surface area contributed by atoms with Gasteiger partial charge in [-0.3, -0.25) is 19.7 Å². The molecule has 0 unspecified atom stereocenters. The molecular weight excluding hydrogens is 290 g/mol. The van der Waals surface area contributed by atoms with E-state index in [-0.39, 0.29) is 24.0 Å². The molecule has 1 heterocycles. The van der Waals surface area contributed by atoms with Crippen LogP contribution in [0.5, 0.6) is 0 Å². The van der Waals surface area contributed by atoms with E-state index in [1.54, 1.807) is 24.3 Å². The summed E-state index contributed by atoms with van der Waals surface area (Å²) in [4.78, 5) is 32.5. The molecule has 0 bridgehead atoms. The van der Waals surface area contributed by atoms with E-state index in [9.17, 15) is 19.7 Å². The molecule has 22 heavy (non-hydrogen) atoms. The summed E-state index contributed by atoms with van der Waals surface area (Å²) in [6, 6.07) is 9.15. The van der Waals surface area contributed by atoms with Crippen LogP contribution >= 0.6 is 0 Å². The Bertz CT molecular complexity index is 706. The van der Waals surface area contributed by atoms with Crippen molar-refractivity contribution in [1.82, 2.24) is 0 Å². The van der Waals surface area contributed by atoms with Gasteiger partial charge < -0.3 is 15.1 Å². The summed E-state index contributed by atoms with van der Waals surface area (Å²) in [5, 5.41) is 15.7. The summed E-state index contributed by atoms with van der Waals surface area (Å²) in [5.74, 6) is -0.741. The maximum atomic E-state index is 11.8. The molecule has 2 amide bonds. The molecule has 2 aromatic rings. The molecule has 0 spiro atoms. The van der Waals surface area contributed by atoms with E-state index in [2.05, 4.69) is 10.6 Å². The number of carbonyl (C=O) groups is 2. The van der Waals surface area contributed by atoms with Gasteiger partial charge in [0.1, 0.15) is 10.7 Å². The minimum Gasteiger partial charge on any atom is -0.405 e. The predicted octanol–water partition coefficient (Wildman–Crippen LogP) is 2.33. The average Bonchev–Trinajstić information content (AvgIpc) is 2.89. The van der Waals surface area contributed by atoms with Crippen LogP contribution in [0, 0.1) is 10.1 Å². The van der Waals surface area contributed by atoms with E-state index in [0.717, 1.165) is 0 Å². The summed E-state index contributed by atoms with van der Waals surface area (Å²) in [5.41, 5.74) is 1.16. The summed E-state index contributed by atoms with van der Waals surface area (Å²) in [6.45, 7) is 1.40. The molecule has 0 fully saturated rings. The first-order valence-corrected chi connectivity index (χ1v) is 6.34. The molecule has 0 aliphatic heterocycles. The molecule has 8 heteroatoms. The van der Waals surface area contributed by atoms with Crippen molar-refractivity contribution in [2.45, 2.75) is 13.3 Å². The minimum absolute atomic E-state index is 0.110. The molecule has 0 atom stereocenters. The molecule has 0 aliphatic carbocycles. The zero-order chi connectivity index (χ0) is 16.1. The summed E-state index contributed by atoms with van der Waals surface area (Å²) >= 11 is 0. The fraction of sp³-hybridized carbons (Fsp3) is 0.143. The Morgan fingerprint density at radius 2 is 1.68 bits per heavy atom. The first-order valence-electron chi connectivity index (χ1n) is 6.34. The highest BCUT2D eigenvalue weighted by atomic mass is 16.6. The summed E-state index contributed by atoms with van der Waals surface area (Å²) < 4.78 is 4.91. The normalized spacial score (nSPS) is 10.0. The van der Waals surface area contributed by atoms with Crippen LogP contribution in [0.4, 0.5) is 17.3 Å². The first-order chi connectivity index (χ1) is 10.4. The zero-order valence-corrected chi connectivity index (χ0v) is 11.7. The van der Waals surface area contributed by atoms with Gasteiger partial charge in [-0.1, -0.05) is 0 Å². The Morgan fingerprint density at radius 1 is 1.09 bits per heavy atom. The molecule has 2 N–H and O–H groups in total. The molecular formula is C14H13N3O5. The number of rotatable bonds is 5. The van der Waals surface area contributed by atoms with E-state index < -0.39 is 10.8 Å². The number of benzene rings is 1. The Kier molecular flexibility index (Phi) is 4.52. The van der Waals surface area contributed by atoms with Crippen molar-refractivity contribution in [3.05, 3.63) is 52.3 Å². The van der Waals surface area contributed by atoms with Gasteiger partial charge in [0, 0.05) is 18.3 Å². The topological polar surface area (TPSA) is 114 Å². The lowest BCUT2D eigenvalue weighted by molar-refractivity contribution is -0.402. The monoisotopic (exact) mass is 303 g/mol. The second kappa shape index (κ2) is 6.53. The van der Waals surface area contributed by atoms with Crippen LogP contribution in [0.3, 0.4) is 0 Å². The van der Waals surface area contributed by atoms with Gasteiger partial charge in [0.15, 0.2) is 0 Å². The van der Waals surface area contributed by atoms with Gasteiger partial charge in [-0.25, -0.2) is 0 Å². The number of hydrogen-bond donors (Lipinski definition) is 2. The average molecular weight is 303 g/mol. The van der Waals surface area contributed by atoms with Crippen LogP contribution < -0.4 is 10.6 Å². The van der Waals surface area contributed by atoms with Crippen LogP contribution in [0.1, 0.15) is 12.7 Å². The van der Waals surface area contributed by atoms with E-state index >= 15 is 0 Å². The second-order valence-corrected chi connectivity index (χ2v) is 4.48. The molecule has 0 saturated carbocycles. The number of nitrogens with one attached hydrogen (secondary N) is 2. The molecule has 0 radical (unpaired) electrons. The van der Waals surface area contributed by atoms with Gasteiger partial charge in [-0.15, -0.1) is 0 Å². The maximum Gasteiger partial charge on any atom is 0.433 e. The van der Waals surface area contributed by atoms with Crippen LogP contribution in [-0.4, -0.2) is 16.7 Å². The number of anilines is 2. The number of nitrogens with zero attached hydrogens (tertiary/aromatic N) is 1. The highest BCUT2D eigenvalue weighted by Gasteiger charge is 2.14. The number of carbonyl (C=O) groups excluding carboxylic acids is 2. The number of hydrogen-bond acceptors (Lipinski definition) is 5. The zero-order valence-electron chi connectivity index (χ0n) is 11.7. The number of furan rings is 1. The third-order valence-corrected chi connectivity index (χ3v) is 2.65. The third-order valence-electron chi connectivity index (χ3n) is 2.65. The molecule has 8 nitrogen and oxygen atoms in total. The van der Waals surface area contributed by atoms with Gasteiger partial charge in [0.2, 0.25) is 11.8 Å². The molecule has 1 aromatic heterocycles. The smallest absolute Gasteiger partial charge is 0.405 e. The van der Waals surface area contributed by atoms with Gasteiger partial charge >= 0.3 is 5.88 Å². The van der Waals surface area contributed by atoms with Crippen LogP contribution in [-0.2, 0) is 16.0 Å². The van der Waals surface area contributed by atoms with E-state index in [0.29, 0.717) is 11.4 Å². The molecule has 0 saturated heterocycles. The SMILES string of the molecule is CC(=O)Nc1ccc(NC(=O)Cc2ccc([N+](=O)[O-])o2)cc1. The number of nitro groups is 1. The van der Waals surface area contributed by atoms with Crippen LogP contribution in [0.2, 0.25) is 0 Å². The van der Waals surface area contributed by atoms with E-state index in [1.807, 2.05) is 0 Å². The lowest BCUT2D eigenvalue weighted by Gasteiger charge is -2.06. The summed E-state index contributed by atoms with van der Waals surface area (Å²) in [6.07, 6.45) is -0.110. The van der Waals surface area contributed by atoms with Gasteiger partial charge in [-0.2, -0.15) is 0 Å². The van der Waals surface area contributed by atoms with Crippen molar-refractivity contribution in [2.75, 3.05) is 10.6 Å². The molecule has 2 rings (SSSR count). The Hall–Kier alpha value is -3.16. The van der Waals surface area contributed by atoms with Crippen molar-refractivity contribution in [1.29, 1.82) is 0 Å². The highest BCUT2D eigenvalue weighted by Crippen LogP contribution is 2.17. The standard InChI is InChI=1S/C14H13N3O5/c1-9(18)15-10-2-4-11(5-3-10)16-13(19)8-12-6-7-14(22-12)17(20)21/h2-7H,8H2,1H3,(H,15,18)(H,16,19). The van der Waals surface area contributed by atoms with Gasteiger partial charge in [-0.05, 0) is 30.3 Å². The Balaban J connectivity index is 1.93. The van der Waals surface area contributed by atoms with Gasteiger partial charge in [0.25, 0.3) is 0 Å². The van der Waals surface area contributed by atoms with E-state index in [1.165, 1.54) is 19.1 Å². The van der Waals surface area contributed by atoms with Crippen molar-refractivity contribution in [3.8, 4) is 0 Å². The van der Waals surface area contributed by atoms with Crippen molar-refractivity contribution in [2.24, 2.45) is 0 Å². The largest absolute Gasteiger partial charge is 0.433 e. The van der Waals surface area contributed by atoms with E-state index in [4.69, 9.17) is 4.42 Å². The van der Waals surface area contributed by atoms with Crippen molar-refractivity contribution < 1.29 is 18.9 Å². The predicted molar refractivity (Wildman–Crippen MR) is 78.4 cm³/mol. The Labute approximate surface area is 125 Å². The lowest BCUT2D eigenvalue weighted by Crippen LogP contribution is -2.14. The lowest BCUT2D eigenvalue weighted by atomic mass is 10.2. The van der Waals surface area contributed by atoms with Gasteiger partial charge in [0.05, 0.1) is 12.5 Å². The van der Waals surface area contributed by atoms with Crippen LogP contribution in [0.15, 0.2) is 40.8 Å². The minimum atomic E-state index is -0.665. The van der Waals surface area contributed by atoms with Crippen molar-refractivity contribution in [3.63, 3.8) is 0 Å². The second-order valence-electron chi connectivity index (χ2n) is 4.48. The molecule has 1 aromatic carbocycles. The fourth-order valence-corrected chi connectivity index (χ4v) is 1.76. The Morgan fingerprint density at radius 3 is 2.18 bits per heavy atom. The molecule has 114 valence electrons. The molecule has 0 aliphatic rings. The highest BCUT2D eigenvalue weighted by molar-refractivity contribution is 5.93. The van der Waals surface area contributed by atoms with Crippen molar-refractivity contribution >= 4 is 29.1 Å².